The minimum Gasteiger partial charge on any atom is -0.352 e. The number of aromatic nitrogens is 3. The second kappa shape index (κ2) is 14.4. The molecule has 206 valence electrons. The van der Waals surface area contributed by atoms with E-state index in [1.807, 2.05) is 72.8 Å². The third-order valence-electron chi connectivity index (χ3n) is 6.45. The normalized spacial score (nSPS) is 10.8. The van der Waals surface area contributed by atoms with Gasteiger partial charge in [-0.1, -0.05) is 102 Å². The van der Waals surface area contributed by atoms with Crippen molar-refractivity contribution in [2.45, 2.75) is 30.4 Å². The van der Waals surface area contributed by atoms with Crippen LogP contribution in [-0.4, -0.2) is 27.4 Å². The zero-order valence-electron chi connectivity index (χ0n) is 22.5. The Balaban J connectivity index is 1.23. The zero-order valence-corrected chi connectivity index (χ0v) is 24.1. The maximum Gasteiger partial charge on any atom is 0.251 e. The number of hydrogen-bond acceptors (Lipinski definition) is 6. The number of carbonyl (C=O) groups excluding carboxylic acids is 1. The summed E-state index contributed by atoms with van der Waals surface area (Å²) in [5.74, 6) is 1.32. The molecule has 2 aromatic heterocycles. The summed E-state index contributed by atoms with van der Waals surface area (Å²) in [6.07, 6.45) is 2.60. The molecule has 41 heavy (non-hydrogen) atoms. The van der Waals surface area contributed by atoms with Gasteiger partial charge in [0.2, 0.25) is 0 Å². The molecule has 0 unspecified atom stereocenters. The SMILES string of the molecule is O=C(NCc1ccccn1)c1ccc(CSc2nc(Cl)cc(N(CCc3ccccc3)Cc3ccccc3)n2)cc1. The predicted octanol–water partition coefficient (Wildman–Crippen LogP) is 7.00. The summed E-state index contributed by atoms with van der Waals surface area (Å²) < 4.78 is 0. The van der Waals surface area contributed by atoms with E-state index in [4.69, 9.17) is 16.6 Å². The molecule has 1 amide bonds. The lowest BCUT2D eigenvalue weighted by Gasteiger charge is -2.24. The first kappa shape index (κ1) is 28.3. The Morgan fingerprint density at radius 1 is 0.805 bits per heavy atom. The molecule has 0 saturated carbocycles. The summed E-state index contributed by atoms with van der Waals surface area (Å²) in [5.41, 5.74) is 4.96. The van der Waals surface area contributed by atoms with Crippen LogP contribution in [0.4, 0.5) is 5.82 Å². The molecule has 0 fully saturated rings. The molecule has 6 nitrogen and oxygen atoms in total. The van der Waals surface area contributed by atoms with Crippen LogP contribution < -0.4 is 10.2 Å². The first-order valence-corrected chi connectivity index (χ1v) is 14.8. The maximum absolute atomic E-state index is 12.5. The highest BCUT2D eigenvalue weighted by atomic mass is 35.5. The van der Waals surface area contributed by atoms with Crippen molar-refractivity contribution >= 4 is 35.1 Å². The Morgan fingerprint density at radius 3 is 2.22 bits per heavy atom. The van der Waals surface area contributed by atoms with Gasteiger partial charge >= 0.3 is 0 Å². The van der Waals surface area contributed by atoms with Crippen LogP contribution in [0.3, 0.4) is 0 Å². The van der Waals surface area contributed by atoms with Crippen molar-refractivity contribution in [2.75, 3.05) is 11.4 Å². The van der Waals surface area contributed by atoms with Crippen molar-refractivity contribution in [2.24, 2.45) is 0 Å². The van der Waals surface area contributed by atoms with Crippen molar-refractivity contribution in [1.29, 1.82) is 0 Å². The smallest absolute Gasteiger partial charge is 0.251 e. The highest BCUT2D eigenvalue weighted by Gasteiger charge is 2.14. The summed E-state index contributed by atoms with van der Waals surface area (Å²) >= 11 is 8.01. The molecule has 0 atom stereocenters. The van der Waals surface area contributed by atoms with Gasteiger partial charge in [-0.15, -0.1) is 0 Å². The van der Waals surface area contributed by atoms with Crippen LogP contribution in [0, 0.1) is 0 Å². The molecule has 0 bridgehead atoms. The van der Waals surface area contributed by atoms with Gasteiger partial charge in [-0.05, 0) is 47.4 Å². The van der Waals surface area contributed by atoms with Gasteiger partial charge in [0.15, 0.2) is 5.16 Å². The van der Waals surface area contributed by atoms with Crippen LogP contribution in [0.5, 0.6) is 0 Å². The Morgan fingerprint density at radius 2 is 1.51 bits per heavy atom. The highest BCUT2D eigenvalue weighted by Crippen LogP contribution is 2.26. The van der Waals surface area contributed by atoms with Crippen LogP contribution in [0.2, 0.25) is 5.15 Å². The van der Waals surface area contributed by atoms with Crippen LogP contribution >= 0.6 is 23.4 Å². The Kier molecular flexibility index (Phi) is 9.98. The average molecular weight is 580 g/mol. The quantitative estimate of drug-likeness (QED) is 0.0975. The summed E-state index contributed by atoms with van der Waals surface area (Å²) in [4.78, 5) is 28.4. The number of nitrogens with one attached hydrogen (secondary N) is 1. The van der Waals surface area contributed by atoms with E-state index in [1.165, 1.54) is 22.9 Å². The van der Waals surface area contributed by atoms with E-state index in [2.05, 4.69) is 56.6 Å². The van der Waals surface area contributed by atoms with Gasteiger partial charge in [0.1, 0.15) is 11.0 Å². The number of amides is 1. The lowest BCUT2D eigenvalue weighted by Crippen LogP contribution is -2.26. The van der Waals surface area contributed by atoms with Crippen molar-refractivity contribution in [3.63, 3.8) is 0 Å². The molecule has 1 N–H and O–H groups in total. The molecule has 0 aliphatic rings. The molecule has 0 radical (unpaired) electrons. The maximum atomic E-state index is 12.5. The largest absolute Gasteiger partial charge is 0.352 e. The molecule has 3 aromatic carbocycles. The number of halogens is 1. The van der Waals surface area contributed by atoms with Gasteiger partial charge in [0.25, 0.3) is 5.91 Å². The number of benzene rings is 3. The Labute approximate surface area is 249 Å². The second-order valence-electron chi connectivity index (χ2n) is 9.46. The second-order valence-corrected chi connectivity index (χ2v) is 10.8. The standard InChI is InChI=1S/C33H30ClN5OS/c34-30-21-31(39(23-26-11-5-2-6-12-26)20-18-25-9-3-1-4-10-25)38-33(37-30)41-24-27-14-16-28(17-15-27)32(40)36-22-29-13-7-8-19-35-29/h1-17,19,21H,18,20,22-24H2,(H,36,40). The van der Waals surface area contributed by atoms with Crippen LogP contribution in [0.15, 0.2) is 121 Å². The molecule has 2 heterocycles. The highest BCUT2D eigenvalue weighted by molar-refractivity contribution is 7.98. The lowest BCUT2D eigenvalue weighted by atomic mass is 10.1. The van der Waals surface area contributed by atoms with E-state index in [1.54, 1.807) is 6.20 Å². The van der Waals surface area contributed by atoms with E-state index in [-0.39, 0.29) is 5.91 Å². The van der Waals surface area contributed by atoms with Crippen molar-refractivity contribution in [1.82, 2.24) is 20.3 Å². The Hall–Kier alpha value is -4.20. The fourth-order valence-electron chi connectivity index (χ4n) is 4.27. The van der Waals surface area contributed by atoms with Crippen molar-refractivity contribution < 1.29 is 4.79 Å². The number of rotatable bonds is 12. The number of nitrogens with zero attached hydrogens (tertiary/aromatic N) is 4. The molecular weight excluding hydrogens is 550 g/mol. The predicted molar refractivity (Wildman–Crippen MR) is 166 cm³/mol. The number of carbonyl (C=O) groups is 1. The summed E-state index contributed by atoms with van der Waals surface area (Å²) in [6.45, 7) is 1.90. The van der Waals surface area contributed by atoms with Crippen molar-refractivity contribution in [3.8, 4) is 0 Å². The summed E-state index contributed by atoms with van der Waals surface area (Å²) in [6, 6.07) is 35.9. The summed E-state index contributed by atoms with van der Waals surface area (Å²) in [7, 11) is 0. The third kappa shape index (κ3) is 8.64. The topological polar surface area (TPSA) is 71.0 Å². The molecule has 8 heteroatoms. The fourth-order valence-corrected chi connectivity index (χ4v) is 5.31. The molecule has 0 saturated heterocycles. The third-order valence-corrected chi connectivity index (χ3v) is 7.57. The molecular formula is C33H30ClN5OS. The number of hydrogen-bond donors (Lipinski definition) is 1. The monoisotopic (exact) mass is 579 g/mol. The first-order chi connectivity index (χ1) is 20.1. The molecule has 0 aliphatic heterocycles. The fraction of sp³-hybridized carbons (Fsp3) is 0.152. The van der Waals surface area contributed by atoms with Crippen LogP contribution in [0.1, 0.15) is 32.7 Å². The van der Waals surface area contributed by atoms with Gasteiger partial charge < -0.3 is 10.2 Å². The van der Waals surface area contributed by atoms with Gasteiger partial charge in [-0.2, -0.15) is 0 Å². The van der Waals surface area contributed by atoms with Crippen LogP contribution in [-0.2, 0) is 25.3 Å². The van der Waals surface area contributed by atoms with Gasteiger partial charge in [-0.25, -0.2) is 9.97 Å². The number of anilines is 1. The first-order valence-electron chi connectivity index (χ1n) is 13.4. The minimum atomic E-state index is -0.133. The van der Waals surface area contributed by atoms with E-state index in [0.29, 0.717) is 28.2 Å². The summed E-state index contributed by atoms with van der Waals surface area (Å²) in [5, 5.41) is 3.93. The van der Waals surface area contributed by atoms with Gasteiger partial charge in [-0.3, -0.25) is 9.78 Å². The van der Waals surface area contributed by atoms with Crippen LogP contribution in [0.25, 0.3) is 0 Å². The molecule has 5 rings (SSSR count). The van der Waals surface area contributed by atoms with Crippen molar-refractivity contribution in [3.05, 3.63) is 148 Å². The minimum absolute atomic E-state index is 0.133. The van der Waals surface area contributed by atoms with E-state index >= 15 is 0 Å². The number of pyridine rings is 1. The molecule has 0 spiro atoms. The number of thioether (sulfide) groups is 1. The van der Waals surface area contributed by atoms with E-state index in [0.717, 1.165) is 36.6 Å². The average Bonchev–Trinajstić information content (AvgIpc) is 3.02. The van der Waals surface area contributed by atoms with E-state index in [9.17, 15) is 4.79 Å². The lowest BCUT2D eigenvalue weighted by molar-refractivity contribution is 0.0950. The zero-order chi connectivity index (χ0) is 28.3. The molecule has 0 aliphatic carbocycles. The van der Waals surface area contributed by atoms with E-state index < -0.39 is 0 Å². The van der Waals surface area contributed by atoms with Gasteiger partial charge in [0.05, 0.1) is 12.2 Å². The Bertz CT molecular complexity index is 1540. The van der Waals surface area contributed by atoms with Gasteiger partial charge in [0, 0.05) is 36.7 Å². The molecule has 5 aromatic rings.